The van der Waals surface area contributed by atoms with Gasteiger partial charge in [-0.05, 0) is 92.7 Å². The fraction of sp³-hybridized carbons (Fsp3) is 0.211. The Morgan fingerprint density at radius 2 is 1.16 bits per heavy atom. The highest BCUT2D eigenvalue weighted by Crippen LogP contribution is 2.28. The minimum absolute atomic E-state index is 0.0579. The molecule has 324 valence electrons. The van der Waals surface area contributed by atoms with Crippen molar-refractivity contribution in [2.75, 3.05) is 23.1 Å². The third kappa shape index (κ3) is 16.0. The van der Waals surface area contributed by atoms with Gasteiger partial charge in [0.15, 0.2) is 25.7 Å². The molecule has 0 radical (unpaired) electrons. The third-order valence-corrected chi connectivity index (χ3v) is 10.7. The number of nitrogens with two attached hydrogens (primary N) is 1. The molecular weight excluding hydrogens is 880 g/mol. The van der Waals surface area contributed by atoms with Crippen LogP contribution in [0.3, 0.4) is 0 Å². The molecule has 4 atom stereocenters. The molecule has 0 bridgehead atoms. The standard InChI is InChI=1S/C19H19ClN4O5S.C11H11ClN2O3.C8H10N2O3S/c1-11(25)17(22-14-6-3-13(10-21)16(20)9-14)19(27)24-23-18(26)12-4-7-15(8-5-12)30(2,28)29;1-6(15)10(11(16)17)14-7-3-4-9(13-2)8(12)5-7;1-14(12,13)7-4-2-6(3-5-7)8(11)10-9/h3-9,11,17,22,25H,1-2H3,(H,23,26)(H,24,27);3-6,10,14-15H,1H3,(H,16,17);2-5H,9H2,1H3,(H,10,11)/t11-,17?;6-,10+;/m00./s1. The van der Waals surface area contributed by atoms with Crippen LogP contribution < -0.4 is 32.8 Å². The Hall–Kier alpha value is -6.30. The summed E-state index contributed by atoms with van der Waals surface area (Å²) in [6.45, 7) is 9.58. The van der Waals surface area contributed by atoms with Gasteiger partial charge in [0.25, 0.3) is 17.7 Å². The highest BCUT2D eigenvalue weighted by Gasteiger charge is 2.25. The van der Waals surface area contributed by atoms with Crippen LogP contribution in [0.2, 0.25) is 10.0 Å². The number of aliphatic hydroxyl groups excluding tert-OH is 2. The van der Waals surface area contributed by atoms with Crippen LogP contribution in [0, 0.1) is 17.9 Å². The molecule has 1 unspecified atom stereocenters. The summed E-state index contributed by atoms with van der Waals surface area (Å²) in [5.41, 5.74) is 8.18. The number of carbonyl (C=O) groups excluding carboxylic acids is 3. The van der Waals surface area contributed by atoms with Gasteiger partial charge < -0.3 is 26.0 Å². The highest BCUT2D eigenvalue weighted by molar-refractivity contribution is 7.91. The number of nitriles is 1. The van der Waals surface area contributed by atoms with E-state index in [0.29, 0.717) is 22.6 Å². The second-order valence-electron chi connectivity index (χ2n) is 12.7. The number of nitrogens with zero attached hydrogens (tertiary/aromatic N) is 2. The summed E-state index contributed by atoms with van der Waals surface area (Å²) in [7, 11) is -6.61. The second kappa shape index (κ2) is 22.9. The van der Waals surface area contributed by atoms with Gasteiger partial charge in [-0.1, -0.05) is 29.3 Å². The number of aliphatic hydroxyl groups is 2. The van der Waals surface area contributed by atoms with Crippen molar-refractivity contribution in [1.82, 2.24) is 16.3 Å². The number of carboxylic acid groups (broad SMARTS) is 1. The van der Waals surface area contributed by atoms with Crippen LogP contribution in [0.5, 0.6) is 0 Å². The number of halogens is 2. The minimum Gasteiger partial charge on any atom is -0.480 e. The van der Waals surface area contributed by atoms with Gasteiger partial charge in [-0.3, -0.25) is 30.7 Å². The fourth-order valence-corrected chi connectivity index (χ4v) is 6.30. The number of rotatable bonds is 12. The van der Waals surface area contributed by atoms with Crippen molar-refractivity contribution in [3.05, 3.63) is 123 Å². The van der Waals surface area contributed by atoms with Gasteiger partial charge >= 0.3 is 5.97 Å². The Bertz CT molecular complexity index is 2530. The average molecular weight is 920 g/mol. The largest absolute Gasteiger partial charge is 0.480 e. The van der Waals surface area contributed by atoms with Crippen LogP contribution in [-0.2, 0) is 29.3 Å². The van der Waals surface area contributed by atoms with Crippen LogP contribution in [-0.4, -0.2) is 92.6 Å². The van der Waals surface area contributed by atoms with Gasteiger partial charge in [0.05, 0.1) is 39.2 Å². The van der Waals surface area contributed by atoms with Crippen molar-refractivity contribution in [3.63, 3.8) is 0 Å². The van der Waals surface area contributed by atoms with E-state index in [0.717, 1.165) is 12.5 Å². The molecule has 0 spiro atoms. The predicted octanol–water partition coefficient (Wildman–Crippen LogP) is 3.07. The van der Waals surface area contributed by atoms with Crippen molar-refractivity contribution in [2.45, 2.75) is 47.9 Å². The maximum Gasteiger partial charge on any atom is 0.328 e. The molecule has 23 heteroatoms. The number of benzene rings is 4. The maximum absolute atomic E-state index is 12.4. The van der Waals surface area contributed by atoms with E-state index in [1.807, 2.05) is 11.5 Å². The molecule has 10 N–H and O–H groups in total. The van der Waals surface area contributed by atoms with Gasteiger partial charge in [-0.2, -0.15) is 5.26 Å². The fourth-order valence-electron chi connectivity index (χ4n) is 4.59. The average Bonchev–Trinajstić information content (AvgIpc) is 3.20. The molecule has 4 aromatic carbocycles. The zero-order valence-electron chi connectivity index (χ0n) is 32.5. The van der Waals surface area contributed by atoms with Crippen molar-refractivity contribution in [3.8, 4) is 6.07 Å². The summed E-state index contributed by atoms with van der Waals surface area (Å²) in [6, 6.07) is 19.2. The summed E-state index contributed by atoms with van der Waals surface area (Å²) in [5, 5.41) is 42.8. The van der Waals surface area contributed by atoms with Gasteiger partial charge in [0.2, 0.25) is 5.69 Å². The Morgan fingerprint density at radius 1 is 0.721 bits per heavy atom. The number of hydrogen-bond donors (Lipinski definition) is 9. The Labute approximate surface area is 361 Å². The number of carbonyl (C=O) groups is 4. The van der Waals surface area contributed by atoms with Crippen molar-refractivity contribution in [2.24, 2.45) is 5.84 Å². The van der Waals surface area contributed by atoms with E-state index in [1.54, 1.807) is 0 Å². The number of nitrogens with one attached hydrogen (secondary N) is 5. The number of sulfone groups is 2. The lowest BCUT2D eigenvalue weighted by Crippen LogP contribution is -2.52. The van der Waals surface area contributed by atoms with Crippen LogP contribution in [0.1, 0.15) is 40.1 Å². The number of amides is 3. The summed E-state index contributed by atoms with van der Waals surface area (Å²) in [4.78, 5) is 49.8. The number of hydrogen-bond acceptors (Lipinski definition) is 14. The van der Waals surface area contributed by atoms with Crippen LogP contribution >= 0.6 is 23.2 Å². The first kappa shape index (κ1) is 50.8. The summed E-state index contributed by atoms with van der Waals surface area (Å²) in [6.07, 6.45) is -0.0328. The Kier molecular flexibility index (Phi) is 19.1. The van der Waals surface area contributed by atoms with Gasteiger partial charge in [-0.15, -0.1) is 0 Å². The van der Waals surface area contributed by atoms with E-state index in [-0.39, 0.29) is 31.0 Å². The molecule has 61 heavy (non-hydrogen) atoms. The molecular formula is C38H40Cl2N8O11S2. The smallest absolute Gasteiger partial charge is 0.328 e. The number of carboxylic acids is 1. The summed E-state index contributed by atoms with van der Waals surface area (Å²) in [5.74, 6) is 1.89. The Morgan fingerprint density at radius 3 is 1.54 bits per heavy atom. The monoisotopic (exact) mass is 918 g/mol. The lowest BCUT2D eigenvalue weighted by molar-refractivity contribution is -0.140. The van der Waals surface area contributed by atoms with E-state index >= 15 is 0 Å². The van der Waals surface area contributed by atoms with E-state index in [1.165, 1.54) is 98.8 Å². The first-order chi connectivity index (χ1) is 28.4. The zero-order valence-corrected chi connectivity index (χ0v) is 35.7. The summed E-state index contributed by atoms with van der Waals surface area (Å²) >= 11 is 11.8. The molecule has 4 rings (SSSR count). The first-order valence-corrected chi connectivity index (χ1v) is 21.7. The maximum atomic E-state index is 12.4. The third-order valence-electron chi connectivity index (χ3n) is 7.83. The van der Waals surface area contributed by atoms with E-state index in [2.05, 4.69) is 26.3 Å². The lowest BCUT2D eigenvalue weighted by atomic mass is 10.1. The van der Waals surface area contributed by atoms with Crippen LogP contribution in [0.25, 0.3) is 4.85 Å². The molecule has 0 aliphatic heterocycles. The number of nitrogen functional groups attached to an aromatic ring is 1. The van der Waals surface area contributed by atoms with E-state index in [4.69, 9.17) is 46.0 Å². The number of hydrazine groups is 2. The highest BCUT2D eigenvalue weighted by atomic mass is 35.5. The van der Waals surface area contributed by atoms with E-state index in [9.17, 15) is 46.2 Å². The predicted molar refractivity (Wildman–Crippen MR) is 226 cm³/mol. The molecule has 3 amide bonds. The van der Waals surface area contributed by atoms with Crippen molar-refractivity contribution in [1.29, 1.82) is 5.26 Å². The Balaban J connectivity index is 0.000000348. The number of aliphatic carboxylic acids is 1. The molecule has 0 saturated heterocycles. The molecule has 19 nitrogen and oxygen atoms in total. The van der Waals surface area contributed by atoms with Crippen LogP contribution in [0.15, 0.2) is 94.7 Å². The molecule has 0 aromatic heterocycles. The molecule has 0 aliphatic rings. The van der Waals surface area contributed by atoms with Crippen molar-refractivity contribution < 1.29 is 51.3 Å². The van der Waals surface area contributed by atoms with E-state index < -0.39 is 67.7 Å². The van der Waals surface area contributed by atoms with Gasteiger partial charge in [-0.25, -0.2) is 32.3 Å². The molecule has 4 aromatic rings. The molecule has 0 heterocycles. The zero-order chi connectivity index (χ0) is 46.2. The van der Waals surface area contributed by atoms with Gasteiger partial charge in [0.1, 0.15) is 12.1 Å². The molecule has 0 fully saturated rings. The lowest BCUT2D eigenvalue weighted by Gasteiger charge is -2.22. The second-order valence-corrected chi connectivity index (χ2v) is 17.5. The quantitative estimate of drug-likeness (QED) is 0.0427. The normalized spacial score (nSPS) is 12.6. The first-order valence-electron chi connectivity index (χ1n) is 17.1. The number of anilines is 2. The molecule has 0 saturated carbocycles. The SMILES string of the molecule is CS(=O)(=O)c1ccc(C(=O)NN)cc1.C[C@H](O)C(Nc1ccc(C#N)c(Cl)c1)C(=O)NNC(=O)c1ccc(S(C)(=O)=O)cc1.[C-]#[N+]c1ccc(N[C@@H](C(=O)O)[C@H](C)O)cc1Cl. The summed E-state index contributed by atoms with van der Waals surface area (Å²) < 4.78 is 45.0. The minimum atomic E-state index is -3.39. The van der Waals surface area contributed by atoms with Gasteiger partial charge in [0, 0.05) is 40.0 Å². The topological polar surface area (TPSA) is 312 Å². The van der Waals surface area contributed by atoms with Crippen molar-refractivity contribution >= 4 is 83.6 Å². The van der Waals surface area contributed by atoms with Crippen LogP contribution in [0.4, 0.5) is 17.1 Å². The molecule has 0 aliphatic carbocycles.